The molecule has 10 rings (SSSR count). The zero-order valence-corrected chi connectivity index (χ0v) is 39.6. The maximum Gasteiger partial charge on any atom is 0.257 e. The SMILES string of the molecule is COc1cc(N2CCN(CCCCCCCCCCCCNC(=O)CC34CC5CC(CC(C5)C3)C4)CC2)ccc1Nc1ncc2c(C)cc(=O)n(-c3cccc(NCC4CCC4)c3)c2n1. The molecule has 1 amide bonds. The fourth-order valence-corrected chi connectivity index (χ4v) is 12.6. The topological polar surface area (TPSA) is 117 Å². The van der Waals surface area contributed by atoms with Gasteiger partial charge in [-0.3, -0.25) is 19.1 Å². The lowest BCUT2D eigenvalue weighted by Gasteiger charge is -2.56. The van der Waals surface area contributed by atoms with Crippen LogP contribution in [-0.4, -0.2) is 78.3 Å². The highest BCUT2D eigenvalue weighted by Gasteiger charge is 2.51. The molecule has 6 fully saturated rings. The number of nitrogens with one attached hydrogen (secondary N) is 3. The highest BCUT2D eigenvalue weighted by atomic mass is 16.5. The number of ether oxygens (including phenoxy) is 1. The van der Waals surface area contributed by atoms with Crippen LogP contribution in [0.15, 0.2) is 59.5 Å². The van der Waals surface area contributed by atoms with Crippen molar-refractivity contribution in [1.29, 1.82) is 0 Å². The normalized spacial score (nSPS) is 22.9. The van der Waals surface area contributed by atoms with E-state index < -0.39 is 0 Å². The Morgan fingerprint density at radius 3 is 2.18 bits per heavy atom. The minimum absolute atomic E-state index is 0.123. The first-order chi connectivity index (χ1) is 31.8. The molecule has 4 bridgehead atoms. The number of hydrogen-bond donors (Lipinski definition) is 3. The lowest BCUT2D eigenvalue weighted by molar-refractivity contribution is -0.129. The molecule has 11 heteroatoms. The van der Waals surface area contributed by atoms with Crippen LogP contribution in [0.2, 0.25) is 0 Å². The first kappa shape index (κ1) is 45.5. The number of methoxy groups -OCH3 is 1. The fraction of sp³-hybridized carbons (Fsp3) is 0.630. The van der Waals surface area contributed by atoms with Gasteiger partial charge >= 0.3 is 0 Å². The van der Waals surface area contributed by atoms with Gasteiger partial charge in [-0.15, -0.1) is 0 Å². The molecule has 2 aromatic carbocycles. The van der Waals surface area contributed by atoms with Crippen LogP contribution < -0.4 is 31.1 Å². The number of anilines is 4. The predicted molar refractivity (Wildman–Crippen MR) is 265 cm³/mol. The number of hydrogen-bond acceptors (Lipinski definition) is 9. The van der Waals surface area contributed by atoms with Crippen LogP contribution in [0.5, 0.6) is 5.75 Å². The number of aromatic nitrogens is 3. The molecule has 5 saturated carbocycles. The minimum atomic E-state index is -0.123. The van der Waals surface area contributed by atoms with Gasteiger partial charge in [0, 0.05) is 80.8 Å². The van der Waals surface area contributed by atoms with Gasteiger partial charge in [0.05, 0.1) is 18.5 Å². The third kappa shape index (κ3) is 11.5. The molecule has 3 N–H and O–H groups in total. The molecule has 6 aliphatic rings. The average molecular weight is 885 g/mol. The van der Waals surface area contributed by atoms with E-state index in [1.807, 2.05) is 31.2 Å². The maximum atomic E-state index is 13.5. The summed E-state index contributed by atoms with van der Waals surface area (Å²) >= 11 is 0. The summed E-state index contributed by atoms with van der Waals surface area (Å²) < 4.78 is 7.57. The van der Waals surface area contributed by atoms with Crippen molar-refractivity contribution in [3.63, 3.8) is 0 Å². The van der Waals surface area contributed by atoms with Crippen molar-refractivity contribution < 1.29 is 9.53 Å². The molecule has 1 aliphatic heterocycles. The van der Waals surface area contributed by atoms with Crippen LogP contribution in [0.4, 0.5) is 23.0 Å². The quantitative estimate of drug-likeness (QED) is 0.0626. The molecule has 1 saturated heterocycles. The Labute approximate surface area is 387 Å². The van der Waals surface area contributed by atoms with Gasteiger partial charge in [-0.1, -0.05) is 63.9 Å². The number of nitrogens with zero attached hydrogens (tertiary/aromatic N) is 5. The summed E-state index contributed by atoms with van der Waals surface area (Å²) in [6, 6.07) is 16.0. The Kier molecular flexibility index (Phi) is 14.9. The van der Waals surface area contributed by atoms with E-state index in [-0.39, 0.29) is 5.56 Å². The van der Waals surface area contributed by atoms with Gasteiger partial charge in [0.15, 0.2) is 5.65 Å². The monoisotopic (exact) mass is 885 g/mol. The Bertz CT molecular complexity index is 2240. The molecule has 0 atom stereocenters. The number of rotatable bonds is 23. The summed E-state index contributed by atoms with van der Waals surface area (Å²) in [5.41, 5.74) is 5.34. The standard InChI is InChI=1S/C54H76N8O3/c1-39-27-51(64)62(46-18-14-17-44(31-46)56-37-40-15-13-16-40)52-47(39)38-57-53(59-52)58-48-20-19-45(32-49(48)65-2)61-25-23-60(24-26-61)22-12-10-8-6-4-3-5-7-9-11-21-55-50(63)36-54-33-41-28-42(34-54)30-43(29-41)35-54/h14,17-20,27,31-32,38,40-43,56H,3-13,15-16,21-26,28-30,33-37H2,1-2H3,(H,55,63)(H,57,58,59). The molecule has 0 unspecified atom stereocenters. The number of pyridine rings is 1. The van der Waals surface area contributed by atoms with Crippen molar-refractivity contribution in [2.24, 2.45) is 29.1 Å². The molecule has 350 valence electrons. The fourth-order valence-electron chi connectivity index (χ4n) is 12.6. The van der Waals surface area contributed by atoms with Crippen LogP contribution >= 0.6 is 0 Å². The van der Waals surface area contributed by atoms with Gasteiger partial charge in [0.25, 0.3) is 5.56 Å². The number of fused-ring (bicyclic) bond motifs is 1. The highest BCUT2D eigenvalue weighted by Crippen LogP contribution is 2.61. The number of carbonyl (C=O) groups is 1. The molecule has 5 aliphatic carbocycles. The van der Waals surface area contributed by atoms with Crippen molar-refractivity contribution in [2.75, 3.05) is 68.5 Å². The van der Waals surface area contributed by atoms with Crippen LogP contribution in [0.25, 0.3) is 16.7 Å². The molecule has 65 heavy (non-hydrogen) atoms. The summed E-state index contributed by atoms with van der Waals surface area (Å²) in [7, 11) is 1.70. The number of piperazine rings is 1. The zero-order chi connectivity index (χ0) is 44.6. The minimum Gasteiger partial charge on any atom is -0.494 e. The Morgan fingerprint density at radius 1 is 0.815 bits per heavy atom. The van der Waals surface area contributed by atoms with Gasteiger partial charge in [-0.25, -0.2) is 4.98 Å². The molecule has 11 nitrogen and oxygen atoms in total. The lowest BCUT2D eigenvalue weighted by Crippen LogP contribution is -2.48. The van der Waals surface area contributed by atoms with Gasteiger partial charge in [0.2, 0.25) is 11.9 Å². The van der Waals surface area contributed by atoms with E-state index in [1.54, 1.807) is 23.9 Å². The number of aryl methyl sites for hydroxylation is 1. The molecule has 3 heterocycles. The Morgan fingerprint density at radius 2 is 1.51 bits per heavy atom. The van der Waals surface area contributed by atoms with E-state index in [0.29, 0.717) is 22.9 Å². The predicted octanol–water partition coefficient (Wildman–Crippen LogP) is 10.8. The average Bonchev–Trinajstić information content (AvgIpc) is 3.27. The van der Waals surface area contributed by atoms with Gasteiger partial charge in [0.1, 0.15) is 5.75 Å². The number of amides is 1. The van der Waals surface area contributed by atoms with Crippen molar-refractivity contribution in [3.8, 4) is 11.4 Å². The maximum absolute atomic E-state index is 13.5. The summed E-state index contributed by atoms with van der Waals surface area (Å²) in [5.74, 6) is 4.95. The Balaban J connectivity index is 0.655. The van der Waals surface area contributed by atoms with Crippen LogP contribution in [0, 0.1) is 36.0 Å². The van der Waals surface area contributed by atoms with Crippen LogP contribution in [0.3, 0.4) is 0 Å². The molecular weight excluding hydrogens is 809 g/mol. The van der Waals surface area contributed by atoms with Crippen molar-refractivity contribution >= 4 is 40.0 Å². The van der Waals surface area contributed by atoms with E-state index in [4.69, 9.17) is 9.72 Å². The van der Waals surface area contributed by atoms with Crippen molar-refractivity contribution in [3.05, 3.63) is 70.6 Å². The summed E-state index contributed by atoms with van der Waals surface area (Å²) in [5, 5.41) is 11.1. The van der Waals surface area contributed by atoms with Crippen molar-refractivity contribution in [1.82, 2.24) is 24.8 Å². The Hall–Kier alpha value is -4.64. The molecule has 4 aromatic rings. The third-order valence-corrected chi connectivity index (χ3v) is 16.0. The van der Waals surface area contributed by atoms with E-state index >= 15 is 0 Å². The second-order valence-corrected chi connectivity index (χ2v) is 21.0. The van der Waals surface area contributed by atoms with Gasteiger partial charge in [-0.2, -0.15) is 4.98 Å². The van der Waals surface area contributed by atoms with Crippen molar-refractivity contribution in [2.45, 2.75) is 135 Å². The number of benzene rings is 2. The smallest absolute Gasteiger partial charge is 0.257 e. The first-order valence-corrected chi connectivity index (χ1v) is 25.7. The molecule has 0 spiro atoms. The number of carbonyl (C=O) groups excluding carboxylic acids is 1. The molecule has 2 aromatic heterocycles. The van der Waals surface area contributed by atoms with E-state index in [2.05, 4.69) is 48.9 Å². The van der Waals surface area contributed by atoms with E-state index in [1.165, 1.54) is 122 Å². The summed E-state index contributed by atoms with van der Waals surface area (Å²) in [6.45, 7) is 9.06. The first-order valence-electron chi connectivity index (χ1n) is 25.7. The second-order valence-electron chi connectivity index (χ2n) is 21.0. The van der Waals surface area contributed by atoms with Crippen LogP contribution in [-0.2, 0) is 4.79 Å². The summed E-state index contributed by atoms with van der Waals surface area (Å²) in [6.07, 6.45) is 27.8. The highest BCUT2D eigenvalue weighted by molar-refractivity contribution is 5.81. The largest absolute Gasteiger partial charge is 0.494 e. The summed E-state index contributed by atoms with van der Waals surface area (Å²) in [4.78, 5) is 41.0. The number of unbranched alkanes of at least 4 members (excludes halogenated alkanes) is 9. The van der Waals surface area contributed by atoms with Gasteiger partial charge < -0.3 is 25.6 Å². The zero-order valence-electron chi connectivity index (χ0n) is 39.6. The molecular formula is C54H76N8O3. The lowest BCUT2D eigenvalue weighted by atomic mass is 9.49. The van der Waals surface area contributed by atoms with E-state index in [0.717, 1.165) is 115 Å². The van der Waals surface area contributed by atoms with Gasteiger partial charge in [-0.05, 0) is 143 Å². The van der Waals surface area contributed by atoms with E-state index in [9.17, 15) is 9.59 Å². The van der Waals surface area contributed by atoms with Crippen LogP contribution in [0.1, 0.15) is 134 Å². The third-order valence-electron chi connectivity index (χ3n) is 16.0. The second kappa shape index (κ2) is 21.3. The molecule has 0 radical (unpaired) electrons.